The van der Waals surface area contributed by atoms with Crippen LogP contribution in [0, 0.1) is 0 Å². The monoisotopic (exact) mass is 392 g/mol. The first kappa shape index (κ1) is 18.2. The summed E-state index contributed by atoms with van der Waals surface area (Å²) in [5.41, 5.74) is 1.54. The fraction of sp³-hybridized carbons (Fsp3) is 0.556. The third-order valence-corrected chi connectivity index (χ3v) is 7.63. The van der Waals surface area contributed by atoms with Gasteiger partial charge in [-0.3, -0.25) is 4.79 Å². The molecule has 0 bridgehead atoms. The van der Waals surface area contributed by atoms with Crippen molar-refractivity contribution in [3.8, 4) is 0 Å². The van der Waals surface area contributed by atoms with E-state index in [1.807, 2.05) is 29.2 Å². The van der Waals surface area contributed by atoms with Crippen molar-refractivity contribution < 1.29 is 17.6 Å². The Morgan fingerprint density at radius 2 is 1.81 bits per heavy atom. The van der Waals surface area contributed by atoms with Crippen LogP contribution < -0.4 is 10.2 Å². The zero-order valence-electron chi connectivity index (χ0n) is 15.3. The Morgan fingerprint density at radius 1 is 1.15 bits per heavy atom. The lowest BCUT2D eigenvalue weighted by Crippen LogP contribution is -2.61. The number of benzene rings is 1. The van der Waals surface area contributed by atoms with Gasteiger partial charge in [-0.1, -0.05) is 12.1 Å². The number of piperazine rings is 1. The van der Waals surface area contributed by atoms with Crippen LogP contribution in [-0.4, -0.2) is 74.5 Å². The maximum atomic E-state index is 13.2. The SMILES string of the molecule is CS(=O)(=O)C1(C(=O)N2CCN(c3nc4ccccc4o3)CC2)CCNCC1. The van der Waals surface area contributed by atoms with Crippen LogP contribution in [0.5, 0.6) is 0 Å². The Hall–Kier alpha value is -2.13. The number of nitrogens with one attached hydrogen (secondary N) is 1. The van der Waals surface area contributed by atoms with E-state index >= 15 is 0 Å². The Labute approximate surface area is 158 Å². The molecule has 0 saturated carbocycles. The molecule has 0 spiro atoms. The van der Waals surface area contributed by atoms with Crippen molar-refractivity contribution in [3.63, 3.8) is 0 Å². The van der Waals surface area contributed by atoms with Crippen molar-refractivity contribution in [2.45, 2.75) is 17.6 Å². The molecule has 1 amide bonds. The summed E-state index contributed by atoms with van der Waals surface area (Å²) in [6, 6.07) is 8.13. The maximum Gasteiger partial charge on any atom is 0.298 e. The van der Waals surface area contributed by atoms with Gasteiger partial charge >= 0.3 is 0 Å². The lowest BCUT2D eigenvalue weighted by molar-refractivity contribution is -0.135. The number of hydrogen-bond acceptors (Lipinski definition) is 7. The largest absolute Gasteiger partial charge is 0.423 e. The van der Waals surface area contributed by atoms with Gasteiger partial charge in [-0.25, -0.2) is 8.42 Å². The lowest BCUT2D eigenvalue weighted by Gasteiger charge is -2.41. The summed E-state index contributed by atoms with van der Waals surface area (Å²) in [5, 5.41) is 3.15. The standard InChI is InChI=1S/C18H24N4O4S/c1-27(24,25)18(6-8-19-9-7-18)16(23)21-10-12-22(13-11-21)17-20-14-4-2-3-5-15(14)26-17/h2-5,19H,6-13H2,1H3. The van der Waals surface area contributed by atoms with Gasteiger partial charge in [0.25, 0.3) is 6.01 Å². The zero-order valence-corrected chi connectivity index (χ0v) is 16.2. The van der Waals surface area contributed by atoms with Crippen molar-refractivity contribution in [2.24, 2.45) is 0 Å². The van der Waals surface area contributed by atoms with Crippen LogP contribution in [0.15, 0.2) is 28.7 Å². The summed E-state index contributed by atoms with van der Waals surface area (Å²) < 4.78 is 29.4. The number of hydrogen-bond donors (Lipinski definition) is 1. The second kappa shape index (κ2) is 6.79. The van der Waals surface area contributed by atoms with Gasteiger partial charge in [-0.05, 0) is 38.1 Å². The predicted molar refractivity (Wildman–Crippen MR) is 102 cm³/mol. The average Bonchev–Trinajstić information content (AvgIpc) is 3.11. The lowest BCUT2D eigenvalue weighted by atomic mass is 9.95. The van der Waals surface area contributed by atoms with Crippen molar-refractivity contribution >= 4 is 32.9 Å². The highest BCUT2D eigenvalue weighted by atomic mass is 32.2. The third-order valence-electron chi connectivity index (χ3n) is 5.63. The minimum Gasteiger partial charge on any atom is -0.423 e. The highest BCUT2D eigenvalue weighted by Gasteiger charge is 2.50. The molecule has 8 nitrogen and oxygen atoms in total. The summed E-state index contributed by atoms with van der Waals surface area (Å²) in [6.07, 6.45) is 1.84. The number of piperidine rings is 1. The first-order valence-electron chi connectivity index (χ1n) is 9.21. The molecule has 2 saturated heterocycles. The van der Waals surface area contributed by atoms with E-state index in [1.165, 1.54) is 6.26 Å². The average molecular weight is 392 g/mol. The van der Waals surface area contributed by atoms with E-state index in [0.717, 1.165) is 11.1 Å². The predicted octanol–water partition coefficient (Wildman–Crippen LogP) is 0.643. The molecule has 2 fully saturated rings. The first-order chi connectivity index (χ1) is 12.9. The Morgan fingerprint density at radius 3 is 2.44 bits per heavy atom. The summed E-state index contributed by atoms with van der Waals surface area (Å²) in [7, 11) is -3.49. The second-order valence-corrected chi connectivity index (χ2v) is 9.59. The van der Waals surface area contributed by atoms with Gasteiger partial charge in [0, 0.05) is 32.4 Å². The highest BCUT2D eigenvalue weighted by Crippen LogP contribution is 2.31. The molecule has 3 heterocycles. The van der Waals surface area contributed by atoms with Gasteiger partial charge in [0.15, 0.2) is 20.2 Å². The molecule has 1 aromatic heterocycles. The summed E-state index contributed by atoms with van der Waals surface area (Å²) in [4.78, 5) is 21.4. The van der Waals surface area contributed by atoms with Crippen LogP contribution in [0.2, 0.25) is 0 Å². The van der Waals surface area contributed by atoms with E-state index in [9.17, 15) is 13.2 Å². The number of nitrogens with zero attached hydrogens (tertiary/aromatic N) is 3. The van der Waals surface area contributed by atoms with Gasteiger partial charge in [0.2, 0.25) is 5.91 Å². The smallest absolute Gasteiger partial charge is 0.298 e. The maximum absolute atomic E-state index is 13.2. The number of sulfone groups is 1. The van der Waals surface area contributed by atoms with Crippen LogP contribution in [0.25, 0.3) is 11.1 Å². The van der Waals surface area contributed by atoms with E-state index in [2.05, 4.69) is 10.3 Å². The van der Waals surface area contributed by atoms with Crippen LogP contribution in [-0.2, 0) is 14.6 Å². The van der Waals surface area contributed by atoms with Crippen LogP contribution in [0.4, 0.5) is 6.01 Å². The van der Waals surface area contributed by atoms with E-state index in [4.69, 9.17) is 4.42 Å². The number of oxazole rings is 1. The number of carbonyl (C=O) groups is 1. The fourth-order valence-electron chi connectivity index (χ4n) is 3.96. The topological polar surface area (TPSA) is 95.8 Å². The van der Waals surface area contributed by atoms with Crippen molar-refractivity contribution in [3.05, 3.63) is 24.3 Å². The van der Waals surface area contributed by atoms with Gasteiger partial charge in [-0.15, -0.1) is 0 Å². The Kier molecular flexibility index (Phi) is 4.59. The van der Waals surface area contributed by atoms with E-state index < -0.39 is 14.6 Å². The summed E-state index contributed by atoms with van der Waals surface area (Å²) in [6.45, 7) is 3.14. The number of aromatic nitrogens is 1. The molecule has 27 heavy (non-hydrogen) atoms. The van der Waals surface area contributed by atoms with Crippen molar-refractivity contribution in [2.75, 3.05) is 50.4 Å². The van der Waals surface area contributed by atoms with Crippen LogP contribution in [0.1, 0.15) is 12.8 Å². The molecule has 0 atom stereocenters. The minimum absolute atomic E-state index is 0.260. The first-order valence-corrected chi connectivity index (χ1v) is 11.1. The van der Waals surface area contributed by atoms with Crippen LogP contribution >= 0.6 is 0 Å². The molecular weight excluding hydrogens is 368 g/mol. The molecule has 1 aromatic carbocycles. The molecule has 1 N–H and O–H groups in total. The van der Waals surface area contributed by atoms with Crippen molar-refractivity contribution in [1.29, 1.82) is 0 Å². The normalized spacial score (nSPS) is 20.8. The molecule has 2 aliphatic rings. The third kappa shape index (κ3) is 3.19. The summed E-state index contributed by atoms with van der Waals surface area (Å²) >= 11 is 0. The summed E-state index contributed by atoms with van der Waals surface area (Å²) in [5.74, 6) is -0.260. The van der Waals surface area contributed by atoms with Gasteiger partial charge in [0.1, 0.15) is 5.52 Å². The van der Waals surface area contributed by atoms with Gasteiger partial charge in [-0.2, -0.15) is 4.98 Å². The van der Waals surface area contributed by atoms with E-state index in [0.29, 0.717) is 58.1 Å². The fourth-order valence-corrected chi connectivity index (χ4v) is 5.35. The number of fused-ring (bicyclic) bond motifs is 1. The second-order valence-electron chi connectivity index (χ2n) is 7.26. The number of para-hydroxylation sites is 2. The molecule has 0 unspecified atom stereocenters. The number of carbonyl (C=O) groups excluding carboxylic acids is 1. The molecule has 9 heteroatoms. The number of amides is 1. The quantitative estimate of drug-likeness (QED) is 0.819. The molecule has 0 aliphatic carbocycles. The minimum atomic E-state index is -3.49. The number of rotatable bonds is 3. The molecule has 0 radical (unpaired) electrons. The molecule has 2 aromatic rings. The Bertz CT molecular complexity index is 908. The zero-order chi connectivity index (χ0) is 19.1. The van der Waals surface area contributed by atoms with Crippen LogP contribution in [0.3, 0.4) is 0 Å². The highest BCUT2D eigenvalue weighted by molar-refractivity contribution is 7.92. The Balaban J connectivity index is 1.48. The molecular formula is C18H24N4O4S. The van der Waals surface area contributed by atoms with Crippen molar-refractivity contribution in [1.82, 2.24) is 15.2 Å². The molecule has 146 valence electrons. The van der Waals surface area contributed by atoms with E-state index in [-0.39, 0.29) is 5.91 Å². The van der Waals surface area contributed by atoms with Gasteiger partial charge < -0.3 is 19.5 Å². The molecule has 2 aliphatic heterocycles. The number of anilines is 1. The van der Waals surface area contributed by atoms with E-state index in [1.54, 1.807) is 4.90 Å². The van der Waals surface area contributed by atoms with Gasteiger partial charge in [0.05, 0.1) is 0 Å². The molecule has 4 rings (SSSR count).